The molecular weight excluding hydrogens is 523 g/mol. The van der Waals surface area contributed by atoms with Crippen molar-refractivity contribution < 1.29 is 23.9 Å². The molecule has 2 aromatic carbocycles. The van der Waals surface area contributed by atoms with Crippen molar-refractivity contribution in [2.75, 3.05) is 26.2 Å². The zero-order chi connectivity index (χ0) is 28.1. The third-order valence-corrected chi connectivity index (χ3v) is 7.89. The number of amides is 3. The summed E-state index contributed by atoms with van der Waals surface area (Å²) in [4.78, 5) is 43.2. The maximum atomic E-state index is 14.7. The molecule has 2 atom stereocenters. The minimum absolute atomic E-state index is 0.0147. The van der Waals surface area contributed by atoms with Gasteiger partial charge in [0.2, 0.25) is 11.8 Å². The molecule has 3 amide bonds. The highest BCUT2D eigenvalue weighted by atomic mass is 35.5. The summed E-state index contributed by atoms with van der Waals surface area (Å²) in [6, 6.07) is 8.45. The number of hydrogen-bond donors (Lipinski definition) is 3. The fraction of sp³-hybridized carbons (Fsp3) is 0.483. The lowest BCUT2D eigenvalue weighted by atomic mass is 10.0. The van der Waals surface area contributed by atoms with Crippen LogP contribution in [0.2, 0.25) is 5.02 Å². The van der Waals surface area contributed by atoms with E-state index >= 15 is 0 Å². The second-order valence-electron chi connectivity index (χ2n) is 10.7. The molecule has 2 aliphatic rings. The van der Waals surface area contributed by atoms with Gasteiger partial charge in [-0.15, -0.1) is 0 Å². The molecule has 8 nitrogen and oxygen atoms in total. The standard InChI is InChI=1S/C29H36ClFN4O4/c1-18(2)23-16-34(15-20-7-3-9-25(36)27(20)30)17-26(37)32-12-4-6-19-10-11-22(31)21(14-19)29(39)35-13-5-8-24(35)28(38)33-23/h3,7,9-11,14,18,23-24,36H,4-6,8,12-13,15-17H2,1-2H3,(H,32,37)(H,33,38)/t23-,24-/m0/s1. The van der Waals surface area contributed by atoms with E-state index in [0.717, 1.165) is 5.56 Å². The number of nitrogens with one attached hydrogen (secondary N) is 2. The Balaban J connectivity index is 1.63. The molecule has 0 saturated carbocycles. The summed E-state index contributed by atoms with van der Waals surface area (Å²) in [5, 5.41) is 16.3. The molecule has 2 heterocycles. The van der Waals surface area contributed by atoms with Gasteiger partial charge in [0.05, 0.1) is 17.1 Å². The molecule has 2 bridgehead atoms. The van der Waals surface area contributed by atoms with Crippen LogP contribution in [0.3, 0.4) is 0 Å². The van der Waals surface area contributed by atoms with Gasteiger partial charge >= 0.3 is 0 Å². The highest BCUT2D eigenvalue weighted by molar-refractivity contribution is 6.32. The molecule has 0 radical (unpaired) electrons. The Kier molecular flexibility index (Phi) is 9.45. The van der Waals surface area contributed by atoms with Crippen LogP contribution < -0.4 is 10.6 Å². The lowest BCUT2D eigenvalue weighted by Gasteiger charge is -2.32. The van der Waals surface area contributed by atoms with Gasteiger partial charge in [-0.2, -0.15) is 0 Å². The van der Waals surface area contributed by atoms with Crippen LogP contribution >= 0.6 is 11.6 Å². The number of aryl methyl sites for hydroxylation is 1. The minimum atomic E-state index is -0.699. The molecule has 2 aliphatic heterocycles. The minimum Gasteiger partial charge on any atom is -0.506 e. The SMILES string of the molecule is CC(C)[C@@H]1CN(Cc2cccc(O)c2Cl)CC(=O)NCCCc2ccc(F)c(c2)C(=O)N2CCC[C@H]2C(=O)N1. The number of fused-ring (bicyclic) bond motifs is 3. The molecule has 10 heteroatoms. The van der Waals surface area contributed by atoms with Gasteiger partial charge in [0.1, 0.15) is 17.6 Å². The number of phenolic OH excluding ortho intramolecular Hbond substituents is 1. The van der Waals surface area contributed by atoms with Gasteiger partial charge in [-0.05, 0) is 60.9 Å². The summed E-state index contributed by atoms with van der Waals surface area (Å²) in [5.74, 6) is -1.58. The van der Waals surface area contributed by atoms with Crippen LogP contribution in [-0.4, -0.2) is 70.9 Å². The fourth-order valence-corrected chi connectivity index (χ4v) is 5.39. The molecule has 2 aromatic rings. The Bertz CT molecular complexity index is 1220. The number of carbonyl (C=O) groups is 3. The van der Waals surface area contributed by atoms with Crippen molar-refractivity contribution in [2.24, 2.45) is 5.92 Å². The van der Waals surface area contributed by atoms with Gasteiger partial charge in [0.15, 0.2) is 0 Å². The highest BCUT2D eigenvalue weighted by Crippen LogP contribution is 2.28. The second kappa shape index (κ2) is 12.8. The first-order valence-corrected chi connectivity index (χ1v) is 13.9. The number of carbonyl (C=O) groups excluding carboxylic acids is 3. The molecule has 1 saturated heterocycles. The lowest BCUT2D eigenvalue weighted by molar-refractivity contribution is -0.126. The van der Waals surface area contributed by atoms with Crippen molar-refractivity contribution in [3.8, 4) is 5.75 Å². The van der Waals surface area contributed by atoms with Crippen LogP contribution in [0.15, 0.2) is 36.4 Å². The number of rotatable bonds is 3. The first-order chi connectivity index (χ1) is 18.6. The first-order valence-electron chi connectivity index (χ1n) is 13.5. The number of halogens is 2. The quantitative estimate of drug-likeness (QED) is 0.535. The summed E-state index contributed by atoms with van der Waals surface area (Å²) in [6.45, 7) is 5.46. The van der Waals surface area contributed by atoms with Crippen molar-refractivity contribution >= 4 is 29.3 Å². The van der Waals surface area contributed by atoms with Crippen molar-refractivity contribution in [1.29, 1.82) is 0 Å². The van der Waals surface area contributed by atoms with Crippen LogP contribution in [0.25, 0.3) is 0 Å². The number of benzene rings is 2. The van der Waals surface area contributed by atoms with E-state index in [4.69, 9.17) is 11.6 Å². The summed E-state index contributed by atoms with van der Waals surface area (Å²) in [7, 11) is 0. The van der Waals surface area contributed by atoms with E-state index in [1.165, 1.54) is 17.0 Å². The van der Waals surface area contributed by atoms with Crippen molar-refractivity contribution in [3.63, 3.8) is 0 Å². The smallest absolute Gasteiger partial charge is 0.257 e. The van der Waals surface area contributed by atoms with Gasteiger partial charge in [-0.1, -0.05) is 43.6 Å². The predicted molar refractivity (Wildman–Crippen MR) is 147 cm³/mol. The number of nitrogens with zero attached hydrogens (tertiary/aromatic N) is 2. The van der Waals surface area contributed by atoms with Gasteiger partial charge in [0.25, 0.3) is 5.91 Å². The average molecular weight is 559 g/mol. The van der Waals surface area contributed by atoms with E-state index in [9.17, 15) is 23.9 Å². The number of hydrogen-bond acceptors (Lipinski definition) is 5. The molecule has 39 heavy (non-hydrogen) atoms. The summed E-state index contributed by atoms with van der Waals surface area (Å²) < 4.78 is 14.7. The molecule has 1 fully saturated rings. The molecule has 0 aliphatic carbocycles. The van der Waals surface area contributed by atoms with Crippen molar-refractivity contribution in [2.45, 2.75) is 58.2 Å². The first kappa shape index (κ1) is 28.8. The lowest BCUT2D eigenvalue weighted by Crippen LogP contribution is -2.53. The van der Waals surface area contributed by atoms with Crippen LogP contribution in [0.5, 0.6) is 5.75 Å². The zero-order valence-electron chi connectivity index (χ0n) is 22.4. The molecular formula is C29H36ClFN4O4. The van der Waals surface area contributed by atoms with Crippen LogP contribution in [0.1, 0.15) is 54.6 Å². The summed E-state index contributed by atoms with van der Waals surface area (Å²) in [5.41, 5.74) is 1.42. The zero-order valence-corrected chi connectivity index (χ0v) is 23.1. The van der Waals surface area contributed by atoms with Crippen LogP contribution in [0.4, 0.5) is 4.39 Å². The van der Waals surface area contributed by atoms with E-state index < -0.39 is 17.8 Å². The Hall–Kier alpha value is -3.17. The average Bonchev–Trinajstić information content (AvgIpc) is 3.39. The third kappa shape index (κ3) is 7.08. The Morgan fingerprint density at radius 1 is 1.15 bits per heavy atom. The highest BCUT2D eigenvalue weighted by Gasteiger charge is 2.37. The second-order valence-corrected chi connectivity index (χ2v) is 11.1. The van der Waals surface area contributed by atoms with Crippen molar-refractivity contribution in [3.05, 3.63) is 63.9 Å². The molecule has 0 unspecified atom stereocenters. The Morgan fingerprint density at radius 3 is 2.72 bits per heavy atom. The van der Waals surface area contributed by atoms with E-state index in [2.05, 4.69) is 10.6 Å². The van der Waals surface area contributed by atoms with Gasteiger partial charge in [0, 0.05) is 32.2 Å². The topological polar surface area (TPSA) is 102 Å². The number of phenols is 1. The Morgan fingerprint density at radius 2 is 1.95 bits per heavy atom. The molecule has 0 aromatic heterocycles. The molecule has 210 valence electrons. The summed E-state index contributed by atoms with van der Waals surface area (Å²) in [6.07, 6.45) is 2.32. The molecule has 3 N–H and O–H groups in total. The van der Waals surface area contributed by atoms with Crippen LogP contribution in [-0.2, 0) is 22.6 Å². The Labute approximate surface area is 233 Å². The van der Waals surface area contributed by atoms with E-state index in [1.807, 2.05) is 18.7 Å². The maximum Gasteiger partial charge on any atom is 0.257 e. The normalized spacial score (nSPS) is 21.9. The van der Waals surface area contributed by atoms with Gasteiger partial charge in [-0.25, -0.2) is 4.39 Å². The van der Waals surface area contributed by atoms with E-state index in [0.29, 0.717) is 57.4 Å². The van der Waals surface area contributed by atoms with E-state index in [1.54, 1.807) is 24.3 Å². The number of aromatic hydroxyl groups is 1. The summed E-state index contributed by atoms with van der Waals surface area (Å²) >= 11 is 6.34. The van der Waals surface area contributed by atoms with Crippen LogP contribution in [0, 0.1) is 11.7 Å². The van der Waals surface area contributed by atoms with Gasteiger partial charge in [-0.3, -0.25) is 19.3 Å². The van der Waals surface area contributed by atoms with Crippen molar-refractivity contribution in [1.82, 2.24) is 20.4 Å². The monoisotopic (exact) mass is 558 g/mol. The fourth-order valence-electron chi connectivity index (χ4n) is 5.20. The predicted octanol–water partition coefficient (Wildman–Crippen LogP) is 3.49. The molecule has 4 rings (SSSR count). The largest absolute Gasteiger partial charge is 0.506 e. The maximum absolute atomic E-state index is 14.7. The molecule has 0 spiro atoms. The van der Waals surface area contributed by atoms with Gasteiger partial charge < -0.3 is 20.6 Å². The third-order valence-electron chi connectivity index (χ3n) is 7.45. The van der Waals surface area contributed by atoms with E-state index in [-0.39, 0.29) is 46.7 Å².